The van der Waals surface area contributed by atoms with Gasteiger partial charge in [-0.15, -0.1) is 0 Å². The number of rotatable bonds is 1. The van der Waals surface area contributed by atoms with Crippen LogP contribution in [0.25, 0.3) is 10.9 Å². The number of nitrogens with one attached hydrogen (secondary N) is 1. The van der Waals surface area contributed by atoms with Crippen molar-refractivity contribution in [1.29, 1.82) is 0 Å². The highest BCUT2D eigenvalue weighted by atomic mass is 16.1. The summed E-state index contributed by atoms with van der Waals surface area (Å²) in [5.74, 6) is 0.578. The van der Waals surface area contributed by atoms with E-state index < -0.39 is 0 Å². The van der Waals surface area contributed by atoms with Gasteiger partial charge in [0.2, 0.25) is 5.95 Å². The van der Waals surface area contributed by atoms with Crippen molar-refractivity contribution in [2.45, 2.75) is 0 Å². The van der Waals surface area contributed by atoms with E-state index >= 15 is 0 Å². The highest BCUT2D eigenvalue weighted by molar-refractivity contribution is 5.78. The maximum atomic E-state index is 11.6. The molecule has 0 amide bonds. The largest absolute Gasteiger partial charge is 0.348 e. The lowest BCUT2D eigenvalue weighted by Crippen LogP contribution is -2.18. The number of aromatic amines is 1. The molecular formula is C10H11N3O. The van der Waals surface area contributed by atoms with Crippen molar-refractivity contribution in [2.75, 3.05) is 19.0 Å². The second kappa shape index (κ2) is 3.14. The Kier molecular flexibility index (Phi) is 1.96. The van der Waals surface area contributed by atoms with Crippen molar-refractivity contribution in [3.05, 3.63) is 34.6 Å². The highest BCUT2D eigenvalue weighted by Gasteiger charge is 2.03. The van der Waals surface area contributed by atoms with Gasteiger partial charge in [-0.25, -0.2) is 4.98 Å². The summed E-state index contributed by atoms with van der Waals surface area (Å²) in [6.45, 7) is 0. The molecule has 0 aliphatic rings. The van der Waals surface area contributed by atoms with E-state index in [9.17, 15) is 4.79 Å². The fourth-order valence-corrected chi connectivity index (χ4v) is 1.29. The van der Waals surface area contributed by atoms with Gasteiger partial charge in [0, 0.05) is 14.1 Å². The first-order chi connectivity index (χ1) is 6.68. The van der Waals surface area contributed by atoms with Crippen molar-refractivity contribution >= 4 is 16.9 Å². The van der Waals surface area contributed by atoms with Crippen LogP contribution in [0.1, 0.15) is 0 Å². The number of para-hydroxylation sites is 1. The van der Waals surface area contributed by atoms with Gasteiger partial charge < -0.3 is 4.90 Å². The first-order valence-electron chi connectivity index (χ1n) is 4.35. The van der Waals surface area contributed by atoms with Gasteiger partial charge in [0.05, 0.1) is 10.9 Å². The van der Waals surface area contributed by atoms with Crippen LogP contribution >= 0.6 is 0 Å². The van der Waals surface area contributed by atoms with Gasteiger partial charge in [0.25, 0.3) is 5.56 Å². The Morgan fingerprint density at radius 3 is 2.71 bits per heavy atom. The van der Waals surface area contributed by atoms with Crippen LogP contribution in [0.2, 0.25) is 0 Å². The molecule has 14 heavy (non-hydrogen) atoms. The maximum Gasteiger partial charge on any atom is 0.260 e. The summed E-state index contributed by atoms with van der Waals surface area (Å²) in [6, 6.07) is 7.29. The normalized spacial score (nSPS) is 10.4. The Morgan fingerprint density at radius 2 is 2.00 bits per heavy atom. The summed E-state index contributed by atoms with van der Waals surface area (Å²) < 4.78 is 0. The lowest BCUT2D eigenvalue weighted by molar-refractivity contribution is 1.00. The van der Waals surface area contributed by atoms with Crippen molar-refractivity contribution in [3.8, 4) is 0 Å². The number of fused-ring (bicyclic) bond motifs is 1. The Morgan fingerprint density at radius 1 is 1.29 bits per heavy atom. The minimum Gasteiger partial charge on any atom is -0.348 e. The smallest absolute Gasteiger partial charge is 0.260 e. The third-order valence-electron chi connectivity index (χ3n) is 2.02. The Hall–Kier alpha value is -1.84. The van der Waals surface area contributed by atoms with E-state index in [-0.39, 0.29) is 5.56 Å². The molecule has 1 N–H and O–H groups in total. The Bertz CT molecular complexity index is 516. The number of H-pyrrole nitrogens is 1. The molecule has 2 rings (SSSR count). The molecule has 0 unspecified atom stereocenters. The first kappa shape index (κ1) is 8.74. The standard InChI is InChI=1S/C10H11N3O/c1-13(2)10-11-8-6-4-3-5-7(8)9(14)12-10/h3-6H,1-2H3,(H,11,12,14). The Labute approximate surface area is 81.2 Å². The fourth-order valence-electron chi connectivity index (χ4n) is 1.29. The van der Waals surface area contributed by atoms with E-state index in [4.69, 9.17) is 0 Å². The maximum absolute atomic E-state index is 11.6. The van der Waals surface area contributed by atoms with Crippen molar-refractivity contribution in [1.82, 2.24) is 9.97 Å². The van der Waals surface area contributed by atoms with Gasteiger partial charge in [-0.1, -0.05) is 12.1 Å². The second-order valence-electron chi connectivity index (χ2n) is 3.30. The van der Waals surface area contributed by atoms with Crippen LogP contribution in [0, 0.1) is 0 Å². The SMILES string of the molecule is CN(C)c1nc2ccccc2c(=O)[nH]1. The zero-order valence-electron chi connectivity index (χ0n) is 8.11. The second-order valence-corrected chi connectivity index (χ2v) is 3.30. The first-order valence-corrected chi connectivity index (χ1v) is 4.35. The molecule has 0 bridgehead atoms. The minimum atomic E-state index is -0.0979. The third kappa shape index (κ3) is 1.35. The van der Waals surface area contributed by atoms with E-state index in [0.29, 0.717) is 11.3 Å². The summed E-state index contributed by atoms with van der Waals surface area (Å²) in [7, 11) is 3.68. The van der Waals surface area contributed by atoms with E-state index in [1.165, 1.54) is 0 Å². The molecule has 0 fully saturated rings. The van der Waals surface area contributed by atoms with Gasteiger partial charge >= 0.3 is 0 Å². The predicted molar refractivity (Wildman–Crippen MR) is 56.7 cm³/mol. The number of nitrogens with zero attached hydrogens (tertiary/aromatic N) is 2. The topological polar surface area (TPSA) is 49.0 Å². The molecule has 0 atom stereocenters. The molecule has 0 saturated heterocycles. The molecule has 1 aromatic heterocycles. The van der Waals surface area contributed by atoms with E-state index in [1.54, 1.807) is 11.0 Å². The number of anilines is 1. The molecular weight excluding hydrogens is 178 g/mol. The van der Waals surface area contributed by atoms with Crippen molar-refractivity contribution in [2.24, 2.45) is 0 Å². The molecule has 2 aromatic rings. The molecule has 72 valence electrons. The average Bonchev–Trinajstić information content (AvgIpc) is 2.17. The summed E-state index contributed by atoms with van der Waals surface area (Å²) in [5, 5.41) is 0.623. The third-order valence-corrected chi connectivity index (χ3v) is 2.02. The molecule has 1 aromatic carbocycles. The van der Waals surface area contributed by atoms with Crippen LogP contribution in [0.3, 0.4) is 0 Å². The summed E-state index contributed by atoms with van der Waals surface area (Å²) >= 11 is 0. The van der Waals surface area contributed by atoms with Gasteiger partial charge in [0.1, 0.15) is 0 Å². The molecule has 0 aliphatic carbocycles. The summed E-state index contributed by atoms with van der Waals surface area (Å²) in [4.78, 5) is 20.4. The summed E-state index contributed by atoms with van der Waals surface area (Å²) in [5.41, 5.74) is 0.624. The van der Waals surface area contributed by atoms with Crippen molar-refractivity contribution < 1.29 is 0 Å². The lowest BCUT2D eigenvalue weighted by Gasteiger charge is -2.10. The average molecular weight is 189 g/mol. The quantitative estimate of drug-likeness (QED) is 0.727. The van der Waals surface area contributed by atoms with E-state index in [1.807, 2.05) is 32.3 Å². The van der Waals surface area contributed by atoms with E-state index in [0.717, 1.165) is 5.52 Å². The number of benzene rings is 1. The van der Waals surface area contributed by atoms with Crippen LogP contribution in [-0.4, -0.2) is 24.1 Å². The number of aromatic nitrogens is 2. The van der Waals surface area contributed by atoms with Crippen molar-refractivity contribution in [3.63, 3.8) is 0 Å². The number of hydrogen-bond acceptors (Lipinski definition) is 3. The Balaban J connectivity index is 2.79. The molecule has 0 radical (unpaired) electrons. The highest BCUT2D eigenvalue weighted by Crippen LogP contribution is 2.08. The van der Waals surface area contributed by atoms with Crippen LogP contribution in [0.15, 0.2) is 29.1 Å². The molecule has 0 saturated carbocycles. The fraction of sp³-hybridized carbons (Fsp3) is 0.200. The van der Waals surface area contributed by atoms with Gasteiger partial charge in [-0.3, -0.25) is 9.78 Å². The number of hydrogen-bond donors (Lipinski definition) is 1. The lowest BCUT2D eigenvalue weighted by atomic mass is 10.2. The monoisotopic (exact) mass is 189 g/mol. The predicted octanol–water partition coefficient (Wildman–Crippen LogP) is 0.989. The summed E-state index contributed by atoms with van der Waals surface area (Å²) in [6.07, 6.45) is 0. The van der Waals surface area contributed by atoms with Gasteiger partial charge in [-0.05, 0) is 12.1 Å². The molecule has 0 aliphatic heterocycles. The van der Waals surface area contributed by atoms with E-state index in [2.05, 4.69) is 9.97 Å². The van der Waals surface area contributed by atoms with Crippen LogP contribution in [-0.2, 0) is 0 Å². The molecule has 0 spiro atoms. The minimum absolute atomic E-state index is 0.0979. The van der Waals surface area contributed by atoms with Gasteiger partial charge in [0.15, 0.2) is 0 Å². The zero-order chi connectivity index (χ0) is 10.1. The molecule has 1 heterocycles. The molecule has 4 heteroatoms. The van der Waals surface area contributed by atoms with Crippen LogP contribution < -0.4 is 10.5 Å². The van der Waals surface area contributed by atoms with Gasteiger partial charge in [-0.2, -0.15) is 0 Å². The molecule has 4 nitrogen and oxygen atoms in total. The van der Waals surface area contributed by atoms with Crippen LogP contribution in [0.5, 0.6) is 0 Å². The van der Waals surface area contributed by atoms with Crippen LogP contribution in [0.4, 0.5) is 5.95 Å². The zero-order valence-corrected chi connectivity index (χ0v) is 8.11.